The second-order valence-corrected chi connectivity index (χ2v) is 13.8. The molecule has 0 atom stereocenters. The maximum atomic E-state index is 4.99. The first kappa shape index (κ1) is 29.5. The van der Waals surface area contributed by atoms with Gasteiger partial charge in [0.25, 0.3) is 0 Å². The van der Waals surface area contributed by atoms with Gasteiger partial charge in [-0.05, 0) is 89.3 Å². The largest absolute Gasteiger partial charge is 0.309 e. The van der Waals surface area contributed by atoms with Crippen LogP contribution in [0.2, 0.25) is 0 Å². The molecule has 248 valence electrons. The normalized spacial score (nSPS) is 12.4. The van der Waals surface area contributed by atoms with Crippen LogP contribution in [0.4, 0.5) is 0 Å². The molecule has 0 saturated heterocycles. The molecule has 0 saturated carbocycles. The Balaban J connectivity index is 1.15. The SMILES string of the molecule is C=C/C=c1\c(=C)c2cc3cc4c5ccccc5c5ccccc5n4c3cc2n1-c1cc(-c2ccc3c(c2)c2ccccc2n3-c2ccccc2)ccn1. The van der Waals surface area contributed by atoms with E-state index in [4.69, 9.17) is 4.98 Å². The molecular formula is C49H32N4. The molecule has 0 unspecified atom stereocenters. The minimum Gasteiger partial charge on any atom is -0.309 e. The maximum absolute atomic E-state index is 4.99. The van der Waals surface area contributed by atoms with Crippen molar-refractivity contribution in [2.75, 3.05) is 0 Å². The lowest BCUT2D eigenvalue weighted by atomic mass is 10.0. The fourth-order valence-corrected chi connectivity index (χ4v) is 8.63. The fourth-order valence-electron chi connectivity index (χ4n) is 8.63. The van der Waals surface area contributed by atoms with Crippen molar-refractivity contribution in [2.24, 2.45) is 0 Å². The van der Waals surface area contributed by atoms with Gasteiger partial charge in [-0.3, -0.25) is 4.57 Å². The molecule has 0 N–H and O–H groups in total. The summed E-state index contributed by atoms with van der Waals surface area (Å²) in [5.41, 5.74) is 10.3. The van der Waals surface area contributed by atoms with Crippen molar-refractivity contribution in [3.05, 3.63) is 181 Å². The predicted molar refractivity (Wildman–Crippen MR) is 224 cm³/mol. The smallest absolute Gasteiger partial charge is 0.138 e. The van der Waals surface area contributed by atoms with E-state index in [1.807, 2.05) is 18.3 Å². The molecule has 0 fully saturated rings. The van der Waals surface area contributed by atoms with Gasteiger partial charge < -0.3 is 8.97 Å². The predicted octanol–water partition coefficient (Wildman–Crippen LogP) is 10.9. The summed E-state index contributed by atoms with van der Waals surface area (Å²) in [6, 6.07) is 54.7. The standard InChI is InChI=1S/C49H32N4/c1-3-13-42-31(2)40-27-34-28-47-38-18-8-7-16-36(38)37-17-9-12-21-44(37)52(47)46(34)30-48(40)53(42)49-29-33(24-25-50-49)32-22-23-45-41(26-32)39-19-10-11-20-43(39)51(45)35-14-5-4-6-15-35/h3-30H,1-2H2/b42-13+. The fraction of sp³-hybridized carbons (Fsp3) is 0. The van der Waals surface area contributed by atoms with Crippen LogP contribution in [-0.4, -0.2) is 18.5 Å². The van der Waals surface area contributed by atoms with Crippen LogP contribution in [0.1, 0.15) is 0 Å². The van der Waals surface area contributed by atoms with E-state index < -0.39 is 0 Å². The van der Waals surface area contributed by atoms with E-state index in [1.165, 1.54) is 54.4 Å². The lowest BCUT2D eigenvalue weighted by Crippen LogP contribution is -2.27. The van der Waals surface area contributed by atoms with Crippen LogP contribution in [0.15, 0.2) is 171 Å². The van der Waals surface area contributed by atoms with Crippen molar-refractivity contribution in [3.63, 3.8) is 0 Å². The maximum Gasteiger partial charge on any atom is 0.138 e. The minimum absolute atomic E-state index is 0.831. The number of nitrogens with zero attached hydrogens (tertiary/aromatic N) is 4. The number of fused-ring (bicyclic) bond motifs is 12. The number of allylic oxidation sites excluding steroid dienone is 1. The molecule has 0 amide bonds. The summed E-state index contributed by atoms with van der Waals surface area (Å²) in [5, 5.41) is 10.4. The van der Waals surface area contributed by atoms with Gasteiger partial charge in [0.15, 0.2) is 0 Å². The monoisotopic (exact) mass is 676 g/mol. The van der Waals surface area contributed by atoms with Crippen molar-refractivity contribution in [1.82, 2.24) is 18.5 Å². The second-order valence-electron chi connectivity index (χ2n) is 13.8. The topological polar surface area (TPSA) is 27.2 Å². The van der Waals surface area contributed by atoms with Crippen LogP contribution in [0.25, 0.3) is 106 Å². The molecule has 6 aromatic carbocycles. The van der Waals surface area contributed by atoms with Gasteiger partial charge in [-0.1, -0.05) is 104 Å². The van der Waals surface area contributed by atoms with Gasteiger partial charge in [-0.15, -0.1) is 0 Å². The molecule has 0 aliphatic rings. The van der Waals surface area contributed by atoms with Gasteiger partial charge in [-0.25, -0.2) is 4.98 Å². The summed E-state index contributed by atoms with van der Waals surface area (Å²) in [4.78, 5) is 4.99. The Morgan fingerprint density at radius 2 is 1.13 bits per heavy atom. The highest BCUT2D eigenvalue weighted by molar-refractivity contribution is 6.16. The minimum atomic E-state index is 0.831. The zero-order valence-corrected chi connectivity index (χ0v) is 28.9. The van der Waals surface area contributed by atoms with Crippen molar-refractivity contribution < 1.29 is 0 Å². The van der Waals surface area contributed by atoms with Crippen LogP contribution < -0.4 is 10.6 Å². The third-order valence-corrected chi connectivity index (χ3v) is 10.9. The van der Waals surface area contributed by atoms with E-state index in [0.717, 1.165) is 49.6 Å². The van der Waals surface area contributed by atoms with E-state index in [0.29, 0.717) is 0 Å². The Morgan fingerprint density at radius 3 is 1.92 bits per heavy atom. The molecule has 53 heavy (non-hydrogen) atoms. The average molecular weight is 677 g/mol. The summed E-state index contributed by atoms with van der Waals surface area (Å²) in [6.07, 6.45) is 5.79. The zero-order chi connectivity index (χ0) is 35.2. The van der Waals surface area contributed by atoms with Crippen LogP contribution in [0.3, 0.4) is 0 Å². The Morgan fingerprint density at radius 1 is 0.472 bits per heavy atom. The molecule has 0 bridgehead atoms. The average Bonchev–Trinajstić information content (AvgIpc) is 3.85. The first-order valence-corrected chi connectivity index (χ1v) is 17.9. The Labute approximate surface area is 304 Å². The van der Waals surface area contributed by atoms with Gasteiger partial charge in [0.2, 0.25) is 0 Å². The van der Waals surface area contributed by atoms with E-state index in [1.54, 1.807) is 0 Å². The summed E-state index contributed by atoms with van der Waals surface area (Å²) in [7, 11) is 0. The van der Waals surface area contributed by atoms with Crippen LogP contribution >= 0.6 is 0 Å². The highest BCUT2D eigenvalue weighted by Crippen LogP contribution is 2.37. The van der Waals surface area contributed by atoms with Crippen molar-refractivity contribution in [2.45, 2.75) is 0 Å². The van der Waals surface area contributed by atoms with Crippen LogP contribution in [0, 0.1) is 0 Å². The van der Waals surface area contributed by atoms with Gasteiger partial charge in [0.1, 0.15) is 5.82 Å². The van der Waals surface area contributed by atoms with Gasteiger partial charge in [0, 0.05) is 49.4 Å². The van der Waals surface area contributed by atoms with Gasteiger partial charge in [-0.2, -0.15) is 0 Å². The van der Waals surface area contributed by atoms with Crippen LogP contribution in [0.5, 0.6) is 0 Å². The highest BCUT2D eigenvalue weighted by atomic mass is 15.1. The number of pyridine rings is 2. The molecule has 11 rings (SSSR count). The molecule has 5 aromatic heterocycles. The highest BCUT2D eigenvalue weighted by Gasteiger charge is 2.18. The molecule has 4 nitrogen and oxygen atoms in total. The van der Waals surface area contributed by atoms with Crippen molar-refractivity contribution >= 4 is 83.5 Å². The second kappa shape index (κ2) is 11.2. The molecule has 11 aromatic rings. The van der Waals surface area contributed by atoms with Gasteiger partial charge >= 0.3 is 0 Å². The number of aromatic nitrogens is 4. The first-order valence-electron chi connectivity index (χ1n) is 17.9. The van der Waals surface area contributed by atoms with Crippen molar-refractivity contribution in [3.8, 4) is 22.6 Å². The number of hydrogen-bond donors (Lipinski definition) is 0. The van der Waals surface area contributed by atoms with E-state index in [2.05, 4.69) is 178 Å². The third kappa shape index (κ3) is 4.21. The van der Waals surface area contributed by atoms with E-state index in [-0.39, 0.29) is 0 Å². The van der Waals surface area contributed by atoms with E-state index >= 15 is 0 Å². The summed E-state index contributed by atoms with van der Waals surface area (Å²) >= 11 is 0. The Kier molecular flexibility index (Phi) is 6.22. The molecule has 0 aliphatic heterocycles. The van der Waals surface area contributed by atoms with E-state index in [9.17, 15) is 0 Å². The zero-order valence-electron chi connectivity index (χ0n) is 28.9. The molecule has 0 aliphatic carbocycles. The number of benzene rings is 6. The molecule has 5 heterocycles. The molecule has 0 radical (unpaired) electrons. The summed E-state index contributed by atoms with van der Waals surface area (Å²) < 4.78 is 7.00. The van der Waals surface area contributed by atoms with Crippen LogP contribution in [-0.2, 0) is 0 Å². The summed E-state index contributed by atoms with van der Waals surface area (Å²) in [6.45, 7) is 8.68. The molecule has 0 spiro atoms. The molecular weight excluding hydrogens is 645 g/mol. The lowest BCUT2D eigenvalue weighted by Gasteiger charge is -2.11. The summed E-state index contributed by atoms with van der Waals surface area (Å²) in [5.74, 6) is 0.831. The Bertz CT molecular complexity index is 3430. The number of para-hydroxylation sites is 3. The lowest BCUT2D eigenvalue weighted by molar-refractivity contribution is 1.00. The van der Waals surface area contributed by atoms with Crippen molar-refractivity contribution in [1.29, 1.82) is 0 Å². The van der Waals surface area contributed by atoms with Gasteiger partial charge in [0.05, 0.1) is 38.4 Å². The first-order chi connectivity index (χ1) is 26.2. The quantitative estimate of drug-likeness (QED) is 0.171. The number of hydrogen-bond acceptors (Lipinski definition) is 1. The molecule has 4 heteroatoms. The Hall–Kier alpha value is -7.17. The number of rotatable bonds is 4. The third-order valence-electron chi connectivity index (χ3n) is 10.9.